The van der Waals surface area contributed by atoms with Crippen molar-refractivity contribution in [3.63, 3.8) is 0 Å². The van der Waals surface area contributed by atoms with E-state index in [1.54, 1.807) is 12.1 Å². The number of anilines is 3. The molecule has 1 aliphatic heterocycles. The third-order valence-electron chi connectivity index (χ3n) is 6.52. The van der Waals surface area contributed by atoms with E-state index >= 15 is 0 Å². The summed E-state index contributed by atoms with van der Waals surface area (Å²) in [7, 11) is 0. The van der Waals surface area contributed by atoms with Crippen molar-refractivity contribution in [2.24, 2.45) is 11.8 Å². The van der Waals surface area contributed by atoms with Crippen LogP contribution in [0.5, 0.6) is 5.75 Å². The molecule has 0 radical (unpaired) electrons. The quantitative estimate of drug-likeness (QED) is 0.420. The number of carbonyl (C=O) groups is 2. The number of nitrogens with zero attached hydrogens (tertiary/aromatic N) is 2. The number of piperidine rings is 1. The molecule has 0 bridgehead atoms. The molecule has 2 amide bonds. The summed E-state index contributed by atoms with van der Waals surface area (Å²) >= 11 is 0. The van der Waals surface area contributed by atoms with Crippen molar-refractivity contribution in [2.75, 3.05) is 35.2 Å². The third-order valence-corrected chi connectivity index (χ3v) is 6.52. The van der Waals surface area contributed by atoms with Gasteiger partial charge >= 0.3 is 0 Å². The van der Waals surface area contributed by atoms with Crippen LogP contribution in [0.3, 0.4) is 0 Å². The van der Waals surface area contributed by atoms with Crippen LogP contribution in [0.2, 0.25) is 0 Å². The summed E-state index contributed by atoms with van der Waals surface area (Å²) in [6, 6.07) is 15.2. The summed E-state index contributed by atoms with van der Waals surface area (Å²) < 4.78 is 5.54. The lowest BCUT2D eigenvalue weighted by molar-refractivity contribution is -0.121. The summed E-state index contributed by atoms with van der Waals surface area (Å²) in [4.78, 5) is 32.2. The Bertz CT molecular complexity index is 1230. The van der Waals surface area contributed by atoms with Gasteiger partial charge in [0.05, 0.1) is 17.8 Å². The molecular weight excluding hydrogens is 452 g/mol. The lowest BCUT2D eigenvalue weighted by Crippen LogP contribution is -2.39. The molecule has 4 rings (SSSR count). The van der Waals surface area contributed by atoms with Crippen LogP contribution in [0, 0.1) is 18.8 Å². The lowest BCUT2D eigenvalue weighted by atomic mass is 9.92. The largest absolute Gasteiger partial charge is 0.492 e. The minimum atomic E-state index is -0.232. The summed E-state index contributed by atoms with van der Waals surface area (Å²) in [6.07, 6.45) is 1.42. The Morgan fingerprint density at radius 1 is 1.00 bits per heavy atom. The van der Waals surface area contributed by atoms with Crippen LogP contribution in [0.15, 0.2) is 48.5 Å². The zero-order chi connectivity index (χ0) is 25.7. The second-order valence-corrected chi connectivity index (χ2v) is 9.91. The SMILES string of the molecule is CCOc1ccccc1NC(=O)CCC(=O)Nc1ccc2nc(N3C[C@@H](C)C[C@H](C)C3)cc(C)c2c1. The highest BCUT2D eigenvalue weighted by Crippen LogP contribution is 2.29. The van der Waals surface area contributed by atoms with Gasteiger partial charge in [-0.15, -0.1) is 0 Å². The average Bonchev–Trinajstić information content (AvgIpc) is 2.84. The number of aryl methyl sites for hydroxylation is 1. The zero-order valence-corrected chi connectivity index (χ0v) is 21.6. The molecule has 1 fully saturated rings. The highest BCUT2D eigenvalue weighted by molar-refractivity contribution is 5.98. The zero-order valence-electron chi connectivity index (χ0n) is 21.6. The molecule has 2 atom stereocenters. The van der Waals surface area contributed by atoms with Crippen molar-refractivity contribution in [1.29, 1.82) is 0 Å². The number of nitrogens with one attached hydrogen (secondary N) is 2. The summed E-state index contributed by atoms with van der Waals surface area (Å²) in [5, 5.41) is 6.76. The van der Waals surface area contributed by atoms with E-state index in [1.807, 2.05) is 37.3 Å². The number of hydrogen-bond donors (Lipinski definition) is 2. The number of hydrogen-bond acceptors (Lipinski definition) is 5. The minimum absolute atomic E-state index is 0.0799. The predicted octanol–water partition coefficient (Wildman–Crippen LogP) is 5.78. The molecular formula is C29H36N4O3. The maximum absolute atomic E-state index is 12.5. The van der Waals surface area contributed by atoms with Crippen molar-refractivity contribution >= 4 is 39.9 Å². The number of ether oxygens (including phenoxy) is 1. The fraction of sp³-hybridized carbons (Fsp3) is 0.414. The summed E-state index contributed by atoms with van der Waals surface area (Å²) in [6.45, 7) is 11.1. The first-order valence-corrected chi connectivity index (χ1v) is 12.8. The number of fused-ring (bicyclic) bond motifs is 1. The molecule has 0 spiro atoms. The third kappa shape index (κ3) is 6.33. The topological polar surface area (TPSA) is 83.6 Å². The van der Waals surface area contributed by atoms with Gasteiger partial charge in [-0.25, -0.2) is 4.98 Å². The summed E-state index contributed by atoms with van der Waals surface area (Å²) in [5.74, 6) is 2.51. The van der Waals surface area contributed by atoms with Gasteiger partial charge in [0.2, 0.25) is 11.8 Å². The van der Waals surface area contributed by atoms with Gasteiger partial charge in [-0.3, -0.25) is 9.59 Å². The normalized spacial score (nSPS) is 17.6. The lowest BCUT2D eigenvalue weighted by Gasteiger charge is -2.36. The number of aromatic nitrogens is 1. The van der Waals surface area contributed by atoms with Crippen LogP contribution >= 0.6 is 0 Å². The first-order chi connectivity index (χ1) is 17.3. The van der Waals surface area contributed by atoms with Crippen LogP contribution in [0.4, 0.5) is 17.2 Å². The maximum Gasteiger partial charge on any atom is 0.224 e. The van der Waals surface area contributed by atoms with Crippen molar-refractivity contribution in [3.8, 4) is 5.75 Å². The highest BCUT2D eigenvalue weighted by atomic mass is 16.5. The van der Waals surface area contributed by atoms with E-state index in [0.29, 0.717) is 35.6 Å². The smallest absolute Gasteiger partial charge is 0.224 e. The molecule has 36 heavy (non-hydrogen) atoms. The van der Waals surface area contributed by atoms with Crippen LogP contribution < -0.4 is 20.3 Å². The Balaban J connectivity index is 1.37. The molecule has 2 aromatic carbocycles. The predicted molar refractivity (Wildman–Crippen MR) is 146 cm³/mol. The van der Waals surface area contributed by atoms with Crippen molar-refractivity contribution in [2.45, 2.75) is 47.0 Å². The van der Waals surface area contributed by atoms with E-state index in [9.17, 15) is 9.59 Å². The maximum atomic E-state index is 12.5. The van der Waals surface area contributed by atoms with Gasteiger partial charge in [0.15, 0.2) is 0 Å². The van der Waals surface area contributed by atoms with Crippen LogP contribution in [0.1, 0.15) is 45.6 Å². The molecule has 190 valence electrons. The molecule has 1 saturated heterocycles. The van der Waals surface area contributed by atoms with E-state index in [2.05, 4.69) is 42.4 Å². The second-order valence-electron chi connectivity index (χ2n) is 9.91. The molecule has 0 saturated carbocycles. The monoisotopic (exact) mass is 488 g/mol. The van der Waals surface area contributed by atoms with Crippen LogP contribution in [-0.4, -0.2) is 36.5 Å². The van der Waals surface area contributed by atoms with E-state index in [-0.39, 0.29) is 24.7 Å². The number of amides is 2. The second kappa shape index (κ2) is 11.4. The molecule has 0 aliphatic carbocycles. The van der Waals surface area contributed by atoms with E-state index < -0.39 is 0 Å². The van der Waals surface area contributed by atoms with Crippen molar-refractivity contribution < 1.29 is 14.3 Å². The van der Waals surface area contributed by atoms with Gasteiger partial charge in [0, 0.05) is 37.0 Å². The van der Waals surface area contributed by atoms with E-state index in [1.165, 1.54) is 6.42 Å². The van der Waals surface area contributed by atoms with Crippen molar-refractivity contribution in [1.82, 2.24) is 4.98 Å². The fourth-order valence-corrected chi connectivity index (χ4v) is 4.98. The van der Waals surface area contributed by atoms with Crippen LogP contribution in [-0.2, 0) is 9.59 Å². The Hall–Kier alpha value is -3.61. The molecule has 3 aromatic rings. The average molecular weight is 489 g/mol. The van der Waals surface area contributed by atoms with E-state index in [4.69, 9.17) is 9.72 Å². The van der Waals surface area contributed by atoms with Gasteiger partial charge in [-0.05, 0) is 74.1 Å². The Morgan fingerprint density at radius 3 is 2.42 bits per heavy atom. The van der Waals surface area contributed by atoms with Crippen LogP contribution in [0.25, 0.3) is 10.9 Å². The molecule has 7 nitrogen and oxygen atoms in total. The molecule has 0 unspecified atom stereocenters. The van der Waals surface area contributed by atoms with Gasteiger partial charge in [-0.2, -0.15) is 0 Å². The number of benzene rings is 2. The minimum Gasteiger partial charge on any atom is -0.492 e. The number of pyridine rings is 1. The van der Waals surface area contributed by atoms with Gasteiger partial charge in [0.1, 0.15) is 11.6 Å². The first-order valence-electron chi connectivity index (χ1n) is 12.8. The van der Waals surface area contributed by atoms with E-state index in [0.717, 1.165) is 35.4 Å². The Morgan fingerprint density at radius 2 is 1.69 bits per heavy atom. The molecule has 2 heterocycles. The first kappa shape index (κ1) is 25.5. The highest BCUT2D eigenvalue weighted by Gasteiger charge is 2.23. The molecule has 1 aliphatic rings. The van der Waals surface area contributed by atoms with Gasteiger partial charge in [0.25, 0.3) is 0 Å². The number of carbonyl (C=O) groups excluding carboxylic acids is 2. The summed E-state index contributed by atoms with van der Waals surface area (Å²) in [5.41, 5.74) is 3.35. The van der Waals surface area contributed by atoms with Gasteiger partial charge < -0.3 is 20.3 Å². The number of para-hydroxylation sites is 2. The molecule has 2 N–H and O–H groups in total. The standard InChI is InChI=1S/C29H36N4O3/c1-5-36-26-9-7-6-8-25(26)32-29(35)13-12-28(34)30-22-10-11-24-23(16-22)21(4)15-27(31-24)33-17-19(2)14-20(3)18-33/h6-11,15-16,19-20H,5,12-14,17-18H2,1-4H3,(H,30,34)(H,32,35)/t19-,20-/m0/s1. The molecule has 7 heteroatoms. The van der Waals surface area contributed by atoms with Crippen molar-refractivity contribution in [3.05, 3.63) is 54.1 Å². The Labute approximate surface area is 213 Å². The molecule has 1 aromatic heterocycles. The fourth-order valence-electron chi connectivity index (χ4n) is 4.98. The Kier molecular flexibility index (Phi) is 8.08. The number of rotatable bonds is 8. The van der Waals surface area contributed by atoms with Gasteiger partial charge in [-0.1, -0.05) is 26.0 Å².